The molecule has 1 fully saturated rings. The maximum Gasteiger partial charge on any atom is 0.293 e. The zero-order valence-electron chi connectivity index (χ0n) is 14.8. The fourth-order valence-electron chi connectivity index (χ4n) is 3.15. The van der Waals surface area contributed by atoms with Gasteiger partial charge in [-0.1, -0.05) is 13.8 Å². The zero-order chi connectivity index (χ0) is 19.5. The number of nitrogens with zero attached hydrogens (tertiary/aromatic N) is 3. The molecule has 1 aromatic rings. The van der Waals surface area contributed by atoms with E-state index in [1.807, 2.05) is 0 Å². The van der Waals surface area contributed by atoms with Gasteiger partial charge in [-0.3, -0.25) is 10.1 Å². The Hall–Kier alpha value is -2.20. The first-order valence-corrected chi connectivity index (χ1v) is 9.90. The van der Waals surface area contributed by atoms with Gasteiger partial charge in [0.25, 0.3) is 5.69 Å². The van der Waals surface area contributed by atoms with Gasteiger partial charge in [-0.05, 0) is 25.0 Å². The van der Waals surface area contributed by atoms with Crippen molar-refractivity contribution in [2.75, 3.05) is 31.1 Å². The third kappa shape index (κ3) is 3.96. The minimum atomic E-state index is -3.80. The molecule has 0 unspecified atom stereocenters. The Morgan fingerprint density at radius 3 is 2.31 bits per heavy atom. The summed E-state index contributed by atoms with van der Waals surface area (Å²) < 4.78 is 26.4. The number of hydrogen-bond donors (Lipinski definition) is 0. The van der Waals surface area contributed by atoms with Crippen molar-refractivity contribution in [3.05, 3.63) is 28.3 Å². The summed E-state index contributed by atoms with van der Waals surface area (Å²) in [6.45, 7) is 4.61. The monoisotopic (exact) mass is 384 g/mol. The number of hydrogen-bond acceptors (Lipinski definition) is 7. The van der Waals surface area contributed by atoms with Crippen LogP contribution in [0.1, 0.15) is 26.7 Å². The van der Waals surface area contributed by atoms with E-state index in [2.05, 4.69) is 0 Å². The quantitative estimate of drug-likeness (QED) is 0.498. The van der Waals surface area contributed by atoms with Crippen molar-refractivity contribution in [1.82, 2.24) is 4.31 Å². The first-order chi connectivity index (χ1) is 12.2. The van der Waals surface area contributed by atoms with Crippen LogP contribution in [0.25, 0.3) is 0 Å². The standard InChI is InChI=1S/C16H23N3O6S/c1-3-18(4-2)26(24,25)13-5-6-14(15(11-13)19(22)23)17-9-7-12(8-10-17)16(20)21/h5-6,11-12H,3-4,7-10H2,1-2H3,(H,20,21)/p-1. The predicted octanol–water partition coefficient (Wildman–Crippen LogP) is 0.592. The van der Waals surface area contributed by atoms with Crippen molar-refractivity contribution in [1.29, 1.82) is 0 Å². The summed E-state index contributed by atoms with van der Waals surface area (Å²) >= 11 is 0. The SMILES string of the molecule is CCN(CC)S(=O)(=O)c1ccc(N2CCC(C(=O)[O-])CC2)c([N+](=O)[O-])c1. The Bertz CT molecular complexity index is 783. The molecule has 1 heterocycles. The molecule has 0 aliphatic carbocycles. The first-order valence-electron chi connectivity index (χ1n) is 8.46. The van der Waals surface area contributed by atoms with Gasteiger partial charge in [0.2, 0.25) is 10.0 Å². The molecule has 1 aliphatic rings. The summed E-state index contributed by atoms with van der Waals surface area (Å²) in [5, 5.41) is 22.4. The van der Waals surface area contributed by atoms with Crippen LogP contribution in [0.15, 0.2) is 23.1 Å². The molecule has 2 rings (SSSR count). The zero-order valence-corrected chi connectivity index (χ0v) is 15.6. The van der Waals surface area contributed by atoms with Gasteiger partial charge in [-0.15, -0.1) is 0 Å². The second kappa shape index (κ2) is 8.00. The van der Waals surface area contributed by atoms with Crippen LogP contribution >= 0.6 is 0 Å². The number of piperidine rings is 1. The molecule has 0 N–H and O–H groups in total. The van der Waals surface area contributed by atoms with Gasteiger partial charge in [0, 0.05) is 44.1 Å². The molecule has 0 saturated carbocycles. The summed E-state index contributed by atoms with van der Waals surface area (Å²) in [6, 6.07) is 3.86. The average molecular weight is 384 g/mol. The normalized spacial score (nSPS) is 16.0. The summed E-state index contributed by atoms with van der Waals surface area (Å²) in [4.78, 5) is 23.4. The van der Waals surface area contributed by atoms with Crippen molar-refractivity contribution >= 4 is 27.4 Å². The number of benzene rings is 1. The summed E-state index contributed by atoms with van der Waals surface area (Å²) in [6.07, 6.45) is 0.665. The van der Waals surface area contributed by atoms with Gasteiger partial charge in [0.15, 0.2) is 0 Å². The number of carboxylic acids is 1. The number of anilines is 1. The minimum Gasteiger partial charge on any atom is -0.550 e. The third-order valence-corrected chi connectivity index (χ3v) is 6.70. The van der Waals surface area contributed by atoms with Crippen LogP contribution in [-0.2, 0) is 14.8 Å². The lowest BCUT2D eigenvalue weighted by molar-refractivity contribution is -0.384. The fraction of sp³-hybridized carbons (Fsp3) is 0.562. The molecule has 1 aliphatic heterocycles. The molecule has 10 heteroatoms. The van der Waals surface area contributed by atoms with E-state index in [9.17, 15) is 28.4 Å². The van der Waals surface area contributed by atoms with E-state index >= 15 is 0 Å². The summed E-state index contributed by atoms with van der Waals surface area (Å²) in [7, 11) is -3.80. The van der Waals surface area contributed by atoms with E-state index in [-0.39, 0.29) is 23.7 Å². The van der Waals surface area contributed by atoms with Crippen LogP contribution in [0, 0.1) is 16.0 Å². The van der Waals surface area contributed by atoms with Gasteiger partial charge < -0.3 is 14.8 Å². The Morgan fingerprint density at radius 1 is 1.27 bits per heavy atom. The lowest BCUT2D eigenvalue weighted by Crippen LogP contribution is -2.41. The highest BCUT2D eigenvalue weighted by Gasteiger charge is 2.29. The topological polar surface area (TPSA) is 124 Å². The van der Waals surface area contributed by atoms with Crippen molar-refractivity contribution in [3.63, 3.8) is 0 Å². The van der Waals surface area contributed by atoms with Crippen molar-refractivity contribution in [3.8, 4) is 0 Å². The first kappa shape index (κ1) is 20.1. The van der Waals surface area contributed by atoms with Crippen molar-refractivity contribution in [2.45, 2.75) is 31.6 Å². The highest BCUT2D eigenvalue weighted by atomic mass is 32.2. The molecular formula is C16H22N3O6S-. The Labute approximate surface area is 152 Å². The van der Waals surface area contributed by atoms with E-state index in [0.717, 1.165) is 6.07 Å². The summed E-state index contributed by atoms with van der Waals surface area (Å²) in [5.74, 6) is -1.67. The predicted molar refractivity (Wildman–Crippen MR) is 93.1 cm³/mol. The molecule has 144 valence electrons. The van der Waals surface area contributed by atoms with Gasteiger partial charge in [0.05, 0.1) is 9.82 Å². The van der Waals surface area contributed by atoms with E-state index in [1.54, 1.807) is 18.7 Å². The second-order valence-electron chi connectivity index (χ2n) is 6.08. The van der Waals surface area contributed by atoms with Gasteiger partial charge >= 0.3 is 0 Å². The number of nitro groups is 1. The highest BCUT2D eigenvalue weighted by Crippen LogP contribution is 2.34. The number of rotatable bonds is 7. The Morgan fingerprint density at radius 2 is 1.85 bits per heavy atom. The molecule has 1 saturated heterocycles. The van der Waals surface area contributed by atoms with E-state index in [1.165, 1.54) is 16.4 Å². The van der Waals surface area contributed by atoms with E-state index in [0.29, 0.717) is 31.6 Å². The second-order valence-corrected chi connectivity index (χ2v) is 8.02. The Kier molecular flexibility index (Phi) is 6.19. The number of carbonyl (C=O) groups is 1. The molecule has 0 aromatic heterocycles. The molecule has 9 nitrogen and oxygen atoms in total. The van der Waals surface area contributed by atoms with Crippen LogP contribution in [-0.4, -0.2) is 49.8 Å². The van der Waals surface area contributed by atoms with Gasteiger partial charge in [-0.25, -0.2) is 8.42 Å². The molecule has 1 aromatic carbocycles. The molecule has 0 bridgehead atoms. The molecule has 0 amide bonds. The maximum atomic E-state index is 12.6. The lowest BCUT2D eigenvalue weighted by atomic mass is 9.96. The van der Waals surface area contributed by atoms with Crippen molar-refractivity contribution < 1.29 is 23.2 Å². The number of sulfonamides is 1. The van der Waals surface area contributed by atoms with Gasteiger partial charge in [0.1, 0.15) is 5.69 Å². The average Bonchev–Trinajstić information content (AvgIpc) is 2.62. The fourth-order valence-corrected chi connectivity index (χ4v) is 4.62. The number of aliphatic carboxylic acids is 1. The van der Waals surface area contributed by atoms with Crippen molar-refractivity contribution in [2.24, 2.45) is 5.92 Å². The third-order valence-electron chi connectivity index (χ3n) is 4.66. The van der Waals surface area contributed by atoms with Crippen LogP contribution in [0.3, 0.4) is 0 Å². The number of carbonyl (C=O) groups excluding carboxylic acids is 1. The highest BCUT2D eigenvalue weighted by molar-refractivity contribution is 7.89. The molecule has 0 spiro atoms. The van der Waals surface area contributed by atoms with E-state index in [4.69, 9.17) is 0 Å². The molecule has 26 heavy (non-hydrogen) atoms. The van der Waals surface area contributed by atoms with E-state index < -0.39 is 26.8 Å². The molecule has 0 atom stereocenters. The molecular weight excluding hydrogens is 362 g/mol. The largest absolute Gasteiger partial charge is 0.550 e. The number of carboxylic acid groups (broad SMARTS) is 1. The Balaban J connectivity index is 2.36. The molecule has 0 radical (unpaired) electrons. The van der Waals surface area contributed by atoms with Gasteiger partial charge in [-0.2, -0.15) is 4.31 Å². The number of nitro benzene ring substituents is 1. The lowest BCUT2D eigenvalue weighted by Gasteiger charge is -2.33. The van der Waals surface area contributed by atoms with Crippen LogP contribution < -0.4 is 10.0 Å². The smallest absolute Gasteiger partial charge is 0.293 e. The minimum absolute atomic E-state index is 0.124. The summed E-state index contributed by atoms with van der Waals surface area (Å²) in [5.41, 5.74) is -0.00424. The maximum absolute atomic E-state index is 12.6. The van der Waals surface area contributed by atoms with Crippen LogP contribution in [0.4, 0.5) is 11.4 Å². The van der Waals surface area contributed by atoms with Crippen LogP contribution in [0.2, 0.25) is 0 Å². The van der Waals surface area contributed by atoms with Crippen LogP contribution in [0.5, 0.6) is 0 Å².